The lowest BCUT2D eigenvalue weighted by Crippen LogP contribution is -2.31. The summed E-state index contributed by atoms with van der Waals surface area (Å²) >= 11 is 0. The Morgan fingerprint density at radius 1 is 1.30 bits per heavy atom. The van der Waals surface area contributed by atoms with Gasteiger partial charge in [0, 0.05) is 18.1 Å². The van der Waals surface area contributed by atoms with Crippen molar-refractivity contribution in [3.8, 4) is 0 Å². The maximum Gasteiger partial charge on any atom is 0.320 e. The molecule has 1 N–H and O–H groups in total. The first kappa shape index (κ1) is 14.5. The van der Waals surface area contributed by atoms with Crippen molar-refractivity contribution in [1.29, 1.82) is 0 Å². The summed E-state index contributed by atoms with van der Waals surface area (Å²) in [6.07, 6.45) is 1.78. The Labute approximate surface area is 119 Å². The molecule has 106 valence electrons. The average Bonchev–Trinajstić information content (AvgIpc) is 2.36. The van der Waals surface area contributed by atoms with Crippen LogP contribution in [0.2, 0.25) is 0 Å². The first-order chi connectivity index (χ1) is 9.44. The van der Waals surface area contributed by atoms with Crippen LogP contribution in [0.15, 0.2) is 36.5 Å². The zero-order chi connectivity index (χ0) is 14.6. The van der Waals surface area contributed by atoms with Gasteiger partial charge >= 0.3 is 5.97 Å². The number of aromatic nitrogens is 1. The van der Waals surface area contributed by atoms with Crippen LogP contribution < -0.4 is 5.32 Å². The van der Waals surface area contributed by atoms with Crippen LogP contribution >= 0.6 is 0 Å². The van der Waals surface area contributed by atoms with Crippen molar-refractivity contribution in [2.24, 2.45) is 0 Å². The van der Waals surface area contributed by atoms with Crippen LogP contribution in [0, 0.1) is 0 Å². The first-order valence-corrected chi connectivity index (χ1v) is 6.70. The van der Waals surface area contributed by atoms with Gasteiger partial charge in [-0.25, -0.2) is 0 Å². The maximum absolute atomic E-state index is 11.6. The minimum atomic E-state index is -0.437. The minimum Gasteiger partial charge on any atom is -0.459 e. The number of hydrogen-bond donors (Lipinski definition) is 1. The van der Waals surface area contributed by atoms with Gasteiger partial charge in [0.15, 0.2) is 0 Å². The van der Waals surface area contributed by atoms with E-state index in [0.717, 1.165) is 16.5 Å². The van der Waals surface area contributed by atoms with Crippen LogP contribution in [-0.4, -0.2) is 23.1 Å². The fourth-order valence-corrected chi connectivity index (χ4v) is 1.92. The van der Waals surface area contributed by atoms with Gasteiger partial charge in [0.2, 0.25) is 0 Å². The van der Waals surface area contributed by atoms with Gasteiger partial charge in [-0.05, 0) is 44.5 Å². The van der Waals surface area contributed by atoms with Crippen molar-refractivity contribution in [3.05, 3.63) is 42.1 Å². The van der Waals surface area contributed by atoms with Crippen LogP contribution in [0.3, 0.4) is 0 Å². The Morgan fingerprint density at radius 3 is 2.85 bits per heavy atom. The van der Waals surface area contributed by atoms with Crippen molar-refractivity contribution in [2.45, 2.75) is 32.9 Å². The second-order valence-electron chi connectivity index (χ2n) is 5.72. The highest BCUT2D eigenvalue weighted by molar-refractivity contribution is 5.78. The minimum absolute atomic E-state index is 0.211. The normalized spacial score (nSPS) is 11.6. The summed E-state index contributed by atoms with van der Waals surface area (Å²) in [5.74, 6) is -0.236. The number of esters is 1. The number of benzene rings is 1. The van der Waals surface area contributed by atoms with E-state index in [1.165, 1.54) is 0 Å². The Morgan fingerprint density at radius 2 is 2.10 bits per heavy atom. The Balaban J connectivity index is 1.88. The van der Waals surface area contributed by atoms with E-state index in [9.17, 15) is 4.79 Å². The third-order valence-electron chi connectivity index (χ3n) is 2.69. The van der Waals surface area contributed by atoms with Crippen LogP contribution in [0.1, 0.15) is 26.3 Å². The van der Waals surface area contributed by atoms with Gasteiger partial charge in [-0.15, -0.1) is 0 Å². The lowest BCUT2D eigenvalue weighted by molar-refractivity contribution is -0.153. The number of nitrogens with one attached hydrogen (secondary N) is 1. The molecule has 0 aliphatic carbocycles. The third kappa shape index (κ3) is 4.31. The lowest BCUT2D eigenvalue weighted by atomic mass is 10.1. The second-order valence-corrected chi connectivity index (χ2v) is 5.72. The molecule has 2 rings (SSSR count). The number of rotatable bonds is 4. The highest BCUT2D eigenvalue weighted by atomic mass is 16.6. The molecule has 0 spiro atoms. The average molecular weight is 272 g/mol. The van der Waals surface area contributed by atoms with Gasteiger partial charge in [0.25, 0.3) is 0 Å². The number of nitrogens with zero attached hydrogens (tertiary/aromatic N) is 1. The van der Waals surface area contributed by atoms with Gasteiger partial charge in [-0.2, -0.15) is 0 Å². The van der Waals surface area contributed by atoms with Crippen molar-refractivity contribution >= 4 is 16.9 Å². The molecule has 4 nitrogen and oxygen atoms in total. The molecule has 0 unspecified atom stereocenters. The van der Waals surface area contributed by atoms with Crippen LogP contribution in [-0.2, 0) is 16.1 Å². The van der Waals surface area contributed by atoms with E-state index in [1.807, 2.05) is 45.0 Å². The molecule has 20 heavy (non-hydrogen) atoms. The van der Waals surface area contributed by atoms with Crippen molar-refractivity contribution in [1.82, 2.24) is 10.3 Å². The third-order valence-corrected chi connectivity index (χ3v) is 2.69. The molecule has 0 saturated heterocycles. The highest BCUT2D eigenvalue weighted by Crippen LogP contribution is 2.13. The van der Waals surface area contributed by atoms with E-state index in [2.05, 4.69) is 16.4 Å². The molecule has 0 atom stereocenters. The smallest absolute Gasteiger partial charge is 0.320 e. The number of pyridine rings is 1. The summed E-state index contributed by atoms with van der Waals surface area (Å²) in [4.78, 5) is 15.8. The van der Waals surface area contributed by atoms with Gasteiger partial charge in [0.05, 0.1) is 12.1 Å². The molecule has 2 aromatic rings. The Kier molecular flexibility index (Phi) is 4.35. The molecule has 0 radical (unpaired) electrons. The molecular weight excluding hydrogens is 252 g/mol. The topological polar surface area (TPSA) is 51.2 Å². The zero-order valence-corrected chi connectivity index (χ0v) is 12.1. The molecule has 1 heterocycles. The second kappa shape index (κ2) is 6.01. The highest BCUT2D eigenvalue weighted by Gasteiger charge is 2.15. The van der Waals surface area contributed by atoms with Crippen LogP contribution in [0.5, 0.6) is 0 Å². The molecule has 1 aromatic heterocycles. The number of fused-ring (bicyclic) bond motifs is 1. The van der Waals surface area contributed by atoms with Gasteiger partial charge in [-0.3, -0.25) is 9.78 Å². The van der Waals surface area contributed by atoms with Gasteiger partial charge in [-0.1, -0.05) is 12.1 Å². The number of ether oxygens (including phenoxy) is 1. The molecule has 0 amide bonds. The summed E-state index contributed by atoms with van der Waals surface area (Å²) in [6, 6.07) is 10.0. The first-order valence-electron chi connectivity index (χ1n) is 6.70. The predicted octanol–water partition coefficient (Wildman–Crippen LogP) is 2.67. The van der Waals surface area contributed by atoms with Crippen molar-refractivity contribution < 1.29 is 9.53 Å². The molecule has 0 aliphatic heterocycles. The van der Waals surface area contributed by atoms with E-state index in [1.54, 1.807) is 6.20 Å². The van der Waals surface area contributed by atoms with Crippen LogP contribution in [0.4, 0.5) is 0 Å². The van der Waals surface area contributed by atoms with Crippen molar-refractivity contribution in [3.63, 3.8) is 0 Å². The summed E-state index contributed by atoms with van der Waals surface area (Å²) < 4.78 is 5.23. The SMILES string of the molecule is CC(C)(C)OC(=O)CNCc1ccc2ncccc2c1. The molecule has 0 saturated carbocycles. The maximum atomic E-state index is 11.6. The predicted molar refractivity (Wildman–Crippen MR) is 79.3 cm³/mol. The summed E-state index contributed by atoms with van der Waals surface area (Å²) in [7, 11) is 0. The number of hydrogen-bond acceptors (Lipinski definition) is 4. The van der Waals surface area contributed by atoms with Gasteiger partial charge < -0.3 is 10.1 Å². The number of carbonyl (C=O) groups excluding carboxylic acids is 1. The molecule has 0 bridgehead atoms. The van der Waals surface area contributed by atoms with E-state index in [-0.39, 0.29) is 12.5 Å². The largest absolute Gasteiger partial charge is 0.459 e. The van der Waals surface area contributed by atoms with Gasteiger partial charge in [0.1, 0.15) is 5.60 Å². The fraction of sp³-hybridized carbons (Fsp3) is 0.375. The standard InChI is InChI=1S/C16H20N2O2/c1-16(2,3)20-15(19)11-17-10-12-6-7-14-13(9-12)5-4-8-18-14/h4-9,17H,10-11H2,1-3H3. The molecule has 1 aromatic carbocycles. The molecule has 0 aliphatic rings. The van der Waals surface area contributed by atoms with Crippen LogP contribution in [0.25, 0.3) is 10.9 Å². The summed E-state index contributed by atoms with van der Waals surface area (Å²) in [5.41, 5.74) is 1.66. The molecular formula is C16H20N2O2. The summed E-state index contributed by atoms with van der Waals surface area (Å²) in [6.45, 7) is 6.43. The Bertz CT molecular complexity index is 603. The Hall–Kier alpha value is -1.94. The lowest BCUT2D eigenvalue weighted by Gasteiger charge is -2.19. The monoisotopic (exact) mass is 272 g/mol. The van der Waals surface area contributed by atoms with Crippen molar-refractivity contribution in [2.75, 3.05) is 6.54 Å². The molecule has 0 fully saturated rings. The van der Waals surface area contributed by atoms with E-state index in [4.69, 9.17) is 4.74 Å². The summed E-state index contributed by atoms with van der Waals surface area (Å²) in [5, 5.41) is 4.19. The van der Waals surface area contributed by atoms with E-state index >= 15 is 0 Å². The number of carbonyl (C=O) groups is 1. The zero-order valence-electron chi connectivity index (χ0n) is 12.1. The van der Waals surface area contributed by atoms with E-state index < -0.39 is 5.60 Å². The molecule has 4 heteroatoms. The van der Waals surface area contributed by atoms with E-state index in [0.29, 0.717) is 6.54 Å². The fourth-order valence-electron chi connectivity index (χ4n) is 1.92. The quantitative estimate of drug-likeness (QED) is 0.869.